The normalized spacial score (nSPS) is 20.8. The van der Waals surface area contributed by atoms with Crippen LogP contribution in [0.15, 0.2) is 52.3 Å². The number of ether oxygens (including phenoxy) is 3. The Hall–Kier alpha value is -3.28. The van der Waals surface area contributed by atoms with Crippen molar-refractivity contribution in [1.29, 1.82) is 0 Å². The Bertz CT molecular complexity index is 1220. The molecule has 208 valence electrons. The van der Waals surface area contributed by atoms with Crippen LogP contribution in [-0.4, -0.2) is 74.1 Å². The Labute approximate surface area is 232 Å². The second-order valence-corrected chi connectivity index (χ2v) is 11.3. The Morgan fingerprint density at radius 2 is 1.85 bits per heavy atom. The third kappa shape index (κ3) is 6.66. The lowest BCUT2D eigenvalue weighted by atomic mass is 10.0. The fourth-order valence-electron chi connectivity index (χ4n) is 4.75. The van der Waals surface area contributed by atoms with Crippen LogP contribution in [-0.2, 0) is 19.0 Å². The zero-order valence-corrected chi connectivity index (χ0v) is 22.9. The highest BCUT2D eigenvalue weighted by Crippen LogP contribution is 2.44. The molecule has 11 heteroatoms. The molecule has 0 spiro atoms. The maximum atomic E-state index is 13.3. The number of carbonyl (C=O) groups excluding carboxylic acids is 3. The lowest BCUT2D eigenvalue weighted by Gasteiger charge is -2.29. The number of carbonyl (C=O) groups is 3. The maximum Gasteiger partial charge on any atom is 0.412 e. The predicted octanol–water partition coefficient (Wildman–Crippen LogP) is 3.74. The molecule has 3 heterocycles. The molecule has 3 atom stereocenters. The van der Waals surface area contributed by atoms with Gasteiger partial charge in [-0.1, -0.05) is 37.7 Å². The number of benzene rings is 2. The molecule has 0 saturated carbocycles. The van der Waals surface area contributed by atoms with Gasteiger partial charge in [-0.15, -0.1) is 0 Å². The van der Waals surface area contributed by atoms with E-state index in [1.807, 2.05) is 44.2 Å². The lowest BCUT2D eigenvalue weighted by Crippen LogP contribution is -2.53. The second kappa shape index (κ2) is 12.3. The fourth-order valence-corrected chi connectivity index (χ4v) is 5.72. The average Bonchev–Trinajstić information content (AvgIpc) is 3.37. The van der Waals surface area contributed by atoms with Crippen molar-refractivity contribution in [2.24, 2.45) is 5.92 Å². The summed E-state index contributed by atoms with van der Waals surface area (Å²) < 4.78 is 16.4. The Morgan fingerprint density at radius 1 is 1.08 bits per heavy atom. The first kappa shape index (κ1) is 27.3. The molecule has 0 bridgehead atoms. The number of hydrogen-bond donors (Lipinski definition) is 3. The summed E-state index contributed by atoms with van der Waals surface area (Å²) in [6.45, 7) is 6.18. The van der Waals surface area contributed by atoms with Gasteiger partial charge in [0, 0.05) is 28.4 Å². The number of morpholine rings is 1. The molecular formula is C28H34N4O6S. The van der Waals surface area contributed by atoms with Gasteiger partial charge in [0.2, 0.25) is 12.2 Å². The van der Waals surface area contributed by atoms with Gasteiger partial charge in [0.25, 0.3) is 5.91 Å². The summed E-state index contributed by atoms with van der Waals surface area (Å²) in [4.78, 5) is 42.8. The summed E-state index contributed by atoms with van der Waals surface area (Å²) >= 11 is 1.65. The minimum atomic E-state index is -0.883. The Morgan fingerprint density at radius 3 is 2.64 bits per heavy atom. The molecule has 2 unspecified atom stereocenters. The van der Waals surface area contributed by atoms with Crippen LogP contribution in [0.25, 0.3) is 0 Å². The first-order valence-electron chi connectivity index (χ1n) is 13.3. The highest BCUT2D eigenvalue weighted by atomic mass is 32.2. The third-order valence-electron chi connectivity index (χ3n) is 6.80. The van der Waals surface area contributed by atoms with Crippen LogP contribution in [0, 0.1) is 5.92 Å². The molecule has 3 aliphatic heterocycles. The molecule has 10 nitrogen and oxygen atoms in total. The van der Waals surface area contributed by atoms with E-state index in [1.165, 1.54) is 0 Å². The van der Waals surface area contributed by atoms with Crippen LogP contribution in [0.3, 0.4) is 0 Å². The lowest BCUT2D eigenvalue weighted by molar-refractivity contribution is -0.129. The minimum absolute atomic E-state index is 0.161. The van der Waals surface area contributed by atoms with E-state index in [4.69, 9.17) is 14.2 Å². The molecule has 2 aromatic rings. The topological polar surface area (TPSA) is 118 Å². The number of nitrogens with one attached hydrogen (secondary N) is 3. The Balaban J connectivity index is 1.22. The number of rotatable bonds is 7. The maximum absolute atomic E-state index is 13.3. The smallest absolute Gasteiger partial charge is 0.412 e. The van der Waals surface area contributed by atoms with Crippen molar-refractivity contribution in [3.8, 4) is 0 Å². The van der Waals surface area contributed by atoms with Crippen LogP contribution >= 0.6 is 11.8 Å². The molecule has 3 aliphatic rings. The highest BCUT2D eigenvalue weighted by molar-refractivity contribution is 7.99. The second-order valence-electron chi connectivity index (χ2n) is 10.2. The van der Waals surface area contributed by atoms with Crippen LogP contribution in [0.4, 0.5) is 16.2 Å². The number of hydrogen-bond acceptors (Lipinski definition) is 8. The van der Waals surface area contributed by atoms with E-state index in [-0.39, 0.29) is 17.7 Å². The van der Waals surface area contributed by atoms with E-state index in [2.05, 4.69) is 22.0 Å². The highest BCUT2D eigenvalue weighted by Gasteiger charge is 2.36. The number of anilines is 2. The van der Waals surface area contributed by atoms with E-state index in [0.29, 0.717) is 51.3 Å². The summed E-state index contributed by atoms with van der Waals surface area (Å²) in [5.74, 6) is -0.503. The number of nitrogens with zero attached hydrogens (tertiary/aromatic N) is 1. The minimum Gasteiger partial charge on any atom is -0.417 e. The largest absolute Gasteiger partial charge is 0.417 e. The van der Waals surface area contributed by atoms with E-state index >= 15 is 0 Å². The zero-order chi connectivity index (χ0) is 27.4. The molecule has 3 N–H and O–H groups in total. The van der Waals surface area contributed by atoms with Gasteiger partial charge in [0.1, 0.15) is 6.04 Å². The molecule has 0 aliphatic carbocycles. The van der Waals surface area contributed by atoms with Crippen molar-refractivity contribution in [3.63, 3.8) is 0 Å². The van der Waals surface area contributed by atoms with Gasteiger partial charge in [-0.3, -0.25) is 9.59 Å². The monoisotopic (exact) mass is 554 g/mol. The predicted molar refractivity (Wildman–Crippen MR) is 146 cm³/mol. The van der Waals surface area contributed by atoms with Gasteiger partial charge >= 0.3 is 6.09 Å². The summed E-state index contributed by atoms with van der Waals surface area (Å²) in [6, 6.07) is 12.2. The number of fused-ring (bicyclic) bond motifs is 2. The van der Waals surface area contributed by atoms with E-state index < -0.39 is 24.5 Å². The SMILES string of the molecule is CC(C)C[C@H](NC(=O)c1ccc2c(c1)Nc1ccccc1S2)C(=O)NC1CCOC1OC(=O)N1CCOCC1. The average molecular weight is 555 g/mol. The van der Waals surface area contributed by atoms with Gasteiger partial charge in [-0.25, -0.2) is 4.79 Å². The molecule has 5 rings (SSSR count). The summed E-state index contributed by atoms with van der Waals surface area (Å²) in [7, 11) is 0. The van der Waals surface area contributed by atoms with Crippen molar-refractivity contribution in [1.82, 2.24) is 15.5 Å². The van der Waals surface area contributed by atoms with Crippen LogP contribution in [0.2, 0.25) is 0 Å². The molecule has 2 aromatic carbocycles. The van der Waals surface area contributed by atoms with Gasteiger partial charge in [-0.05, 0) is 49.1 Å². The molecule has 0 aromatic heterocycles. The molecule has 2 fully saturated rings. The quantitative estimate of drug-likeness (QED) is 0.404. The summed E-state index contributed by atoms with van der Waals surface area (Å²) in [5, 5.41) is 9.25. The van der Waals surface area contributed by atoms with Gasteiger partial charge < -0.3 is 35.1 Å². The number of amides is 3. The van der Waals surface area contributed by atoms with Crippen molar-refractivity contribution in [2.75, 3.05) is 38.2 Å². The van der Waals surface area contributed by atoms with Crippen molar-refractivity contribution in [2.45, 2.75) is 54.9 Å². The first-order valence-corrected chi connectivity index (χ1v) is 14.1. The van der Waals surface area contributed by atoms with Crippen molar-refractivity contribution < 1.29 is 28.6 Å². The van der Waals surface area contributed by atoms with Crippen molar-refractivity contribution in [3.05, 3.63) is 48.0 Å². The number of para-hydroxylation sites is 1. The van der Waals surface area contributed by atoms with Gasteiger partial charge in [-0.2, -0.15) is 0 Å². The Kier molecular flexibility index (Phi) is 8.59. The molecule has 0 radical (unpaired) electrons. The van der Waals surface area contributed by atoms with Crippen LogP contribution < -0.4 is 16.0 Å². The molecular weight excluding hydrogens is 520 g/mol. The standard InChI is InChI=1S/C28H34N4O6S/c1-17(2)15-22(26(34)30-20-9-12-37-27(20)38-28(35)32-10-13-36-14-11-32)31-25(33)18-7-8-24-21(16-18)29-19-5-3-4-6-23(19)39-24/h3-8,16-17,20,22,27,29H,9-15H2,1-2H3,(H,30,34)(H,31,33)/t20?,22-,27?/m0/s1. The van der Waals surface area contributed by atoms with Crippen molar-refractivity contribution >= 4 is 41.0 Å². The van der Waals surface area contributed by atoms with E-state index in [0.717, 1.165) is 21.2 Å². The third-order valence-corrected chi connectivity index (χ3v) is 7.95. The summed E-state index contributed by atoms with van der Waals surface area (Å²) in [5.41, 5.74) is 2.31. The fraction of sp³-hybridized carbons (Fsp3) is 0.464. The summed E-state index contributed by atoms with van der Waals surface area (Å²) in [6.07, 6.45) is -0.411. The van der Waals surface area contributed by atoms with Gasteiger partial charge in [0.15, 0.2) is 0 Å². The molecule has 2 saturated heterocycles. The van der Waals surface area contributed by atoms with Crippen LogP contribution in [0.5, 0.6) is 0 Å². The zero-order valence-electron chi connectivity index (χ0n) is 22.1. The van der Waals surface area contributed by atoms with E-state index in [9.17, 15) is 14.4 Å². The first-order chi connectivity index (χ1) is 18.9. The molecule has 39 heavy (non-hydrogen) atoms. The van der Waals surface area contributed by atoms with E-state index in [1.54, 1.807) is 22.7 Å². The van der Waals surface area contributed by atoms with Gasteiger partial charge in [0.05, 0.1) is 37.2 Å². The van der Waals surface area contributed by atoms with Crippen LogP contribution in [0.1, 0.15) is 37.0 Å². The molecule has 3 amide bonds.